The lowest BCUT2D eigenvalue weighted by Gasteiger charge is -2.06. The molecule has 2 aromatic rings. The van der Waals surface area contributed by atoms with E-state index in [1.807, 2.05) is 6.07 Å². The minimum atomic E-state index is -1.59. The zero-order valence-corrected chi connectivity index (χ0v) is 8.64. The Bertz CT molecular complexity index is 485. The highest BCUT2D eigenvalue weighted by Crippen LogP contribution is 2.29. The number of hydrogen-bond acceptors (Lipinski definition) is 4. The predicted molar refractivity (Wildman–Crippen MR) is 61.1 cm³/mol. The number of anilines is 1. The summed E-state index contributed by atoms with van der Waals surface area (Å²) in [5.41, 5.74) is 6.27. The van der Waals surface area contributed by atoms with Gasteiger partial charge in [0, 0.05) is 26.6 Å². The van der Waals surface area contributed by atoms with E-state index in [1.54, 1.807) is 11.4 Å². The lowest BCUT2D eigenvalue weighted by atomic mass is 9.77. The number of fused-ring (bicyclic) bond motifs is 1. The molecule has 14 heavy (non-hydrogen) atoms. The Morgan fingerprint density at radius 1 is 1.36 bits per heavy atom. The van der Waals surface area contributed by atoms with Crippen LogP contribution >= 0.6 is 22.9 Å². The van der Waals surface area contributed by atoms with Crippen molar-refractivity contribution in [3.05, 3.63) is 22.5 Å². The molecule has 0 aliphatic rings. The Morgan fingerprint density at radius 2 is 2.07 bits per heavy atom. The summed E-state index contributed by atoms with van der Waals surface area (Å²) >= 11 is 7.37. The van der Waals surface area contributed by atoms with Crippen LogP contribution in [0.25, 0.3) is 10.1 Å². The van der Waals surface area contributed by atoms with Crippen molar-refractivity contribution in [3.8, 4) is 0 Å². The number of thiophene rings is 1. The van der Waals surface area contributed by atoms with E-state index in [0.717, 1.165) is 4.70 Å². The first-order valence-electron chi connectivity index (χ1n) is 3.92. The molecular weight excluding hydrogens is 220 g/mol. The molecule has 0 saturated carbocycles. The number of benzene rings is 1. The van der Waals surface area contributed by atoms with Crippen molar-refractivity contribution in [2.45, 2.75) is 0 Å². The van der Waals surface area contributed by atoms with Crippen LogP contribution in [0.5, 0.6) is 0 Å². The van der Waals surface area contributed by atoms with Crippen LogP contribution in [0.2, 0.25) is 5.02 Å². The van der Waals surface area contributed by atoms with E-state index in [9.17, 15) is 0 Å². The molecule has 1 aromatic carbocycles. The van der Waals surface area contributed by atoms with Gasteiger partial charge in [0.05, 0.1) is 5.02 Å². The van der Waals surface area contributed by atoms with Gasteiger partial charge in [-0.15, -0.1) is 11.3 Å². The molecule has 0 aliphatic heterocycles. The lowest BCUT2D eigenvalue weighted by Crippen LogP contribution is -2.32. The number of rotatable bonds is 1. The highest BCUT2D eigenvalue weighted by Gasteiger charge is 2.20. The van der Waals surface area contributed by atoms with Gasteiger partial charge in [0.15, 0.2) is 0 Å². The van der Waals surface area contributed by atoms with Crippen LogP contribution in [-0.4, -0.2) is 17.2 Å². The first-order chi connectivity index (χ1) is 6.61. The lowest BCUT2D eigenvalue weighted by molar-refractivity contribution is 0.426. The zero-order chi connectivity index (χ0) is 10.3. The monoisotopic (exact) mass is 227 g/mol. The van der Waals surface area contributed by atoms with Crippen molar-refractivity contribution in [2.75, 3.05) is 5.73 Å². The van der Waals surface area contributed by atoms with E-state index in [1.165, 1.54) is 11.3 Å². The van der Waals surface area contributed by atoms with Gasteiger partial charge in [-0.1, -0.05) is 11.6 Å². The molecule has 0 fully saturated rings. The number of nitrogens with two attached hydrogens (primary N) is 1. The quantitative estimate of drug-likeness (QED) is 0.499. The van der Waals surface area contributed by atoms with Crippen LogP contribution in [0.15, 0.2) is 17.5 Å². The third-order valence-corrected chi connectivity index (χ3v) is 3.40. The Labute approximate surface area is 89.9 Å². The number of nitrogen functional groups attached to an aromatic ring is 1. The van der Waals surface area contributed by atoms with Crippen LogP contribution < -0.4 is 11.2 Å². The van der Waals surface area contributed by atoms with Gasteiger partial charge in [-0.05, 0) is 12.1 Å². The molecule has 0 spiro atoms. The van der Waals surface area contributed by atoms with Crippen molar-refractivity contribution in [2.24, 2.45) is 0 Å². The molecule has 72 valence electrons. The van der Waals surface area contributed by atoms with E-state index in [-0.39, 0.29) is 5.46 Å². The molecular formula is C8H7BClNO2S. The predicted octanol–water partition coefficient (Wildman–Crippen LogP) is 0.817. The molecule has 0 radical (unpaired) electrons. The summed E-state index contributed by atoms with van der Waals surface area (Å²) in [5, 5.41) is 21.2. The van der Waals surface area contributed by atoms with Crippen molar-refractivity contribution >= 4 is 51.3 Å². The van der Waals surface area contributed by atoms with Gasteiger partial charge in [0.1, 0.15) is 0 Å². The summed E-state index contributed by atoms with van der Waals surface area (Å²) < 4.78 is 0.896. The van der Waals surface area contributed by atoms with E-state index >= 15 is 0 Å². The maximum absolute atomic E-state index is 9.17. The Morgan fingerprint density at radius 3 is 2.71 bits per heavy atom. The minimum Gasteiger partial charge on any atom is -0.423 e. The van der Waals surface area contributed by atoms with Gasteiger partial charge in [-0.3, -0.25) is 0 Å². The fourth-order valence-corrected chi connectivity index (χ4v) is 2.64. The molecule has 4 N–H and O–H groups in total. The minimum absolute atomic E-state index is 0.286. The van der Waals surface area contributed by atoms with Crippen molar-refractivity contribution in [1.29, 1.82) is 0 Å². The van der Waals surface area contributed by atoms with Crippen molar-refractivity contribution in [1.82, 2.24) is 0 Å². The second kappa shape index (κ2) is 3.44. The van der Waals surface area contributed by atoms with E-state index < -0.39 is 7.12 Å². The summed E-state index contributed by atoms with van der Waals surface area (Å²) in [5.74, 6) is 0. The largest absolute Gasteiger partial charge is 0.491 e. The molecule has 1 aromatic heterocycles. The molecule has 0 amide bonds. The number of halogens is 1. The number of hydrogen-bond donors (Lipinski definition) is 3. The van der Waals surface area contributed by atoms with Gasteiger partial charge < -0.3 is 15.8 Å². The van der Waals surface area contributed by atoms with Gasteiger partial charge in [-0.2, -0.15) is 0 Å². The standard InChI is InChI=1S/C8H7BClNO2S/c10-4-3-14-6-2-1-5(11)8(7(4)6)9(12)13/h1-3,12-13H,11H2. The van der Waals surface area contributed by atoms with E-state index in [0.29, 0.717) is 16.1 Å². The molecule has 0 saturated heterocycles. The maximum atomic E-state index is 9.17. The third-order valence-electron chi connectivity index (χ3n) is 2.03. The first kappa shape index (κ1) is 9.80. The summed E-state index contributed by atoms with van der Waals surface area (Å²) in [6, 6.07) is 3.46. The Hall–Kier alpha value is -0.745. The fraction of sp³-hybridized carbons (Fsp3) is 0. The molecule has 2 rings (SSSR count). The summed E-state index contributed by atoms with van der Waals surface area (Å²) in [6.45, 7) is 0. The zero-order valence-electron chi connectivity index (χ0n) is 7.07. The molecule has 3 nitrogen and oxygen atoms in total. The van der Waals surface area contributed by atoms with Crippen LogP contribution in [0.1, 0.15) is 0 Å². The van der Waals surface area contributed by atoms with Gasteiger partial charge >= 0.3 is 7.12 Å². The summed E-state index contributed by atoms with van der Waals surface area (Å²) in [6.07, 6.45) is 0. The van der Waals surface area contributed by atoms with Crippen molar-refractivity contribution in [3.63, 3.8) is 0 Å². The van der Waals surface area contributed by atoms with E-state index in [2.05, 4.69) is 0 Å². The normalized spacial score (nSPS) is 10.8. The molecule has 0 bridgehead atoms. The SMILES string of the molecule is Nc1ccc2scc(Cl)c2c1B(O)O. The second-order valence-corrected chi connectivity index (χ2v) is 4.22. The van der Waals surface area contributed by atoms with Crippen LogP contribution in [-0.2, 0) is 0 Å². The summed E-state index contributed by atoms with van der Waals surface area (Å²) in [4.78, 5) is 0. The second-order valence-electron chi connectivity index (χ2n) is 2.90. The van der Waals surface area contributed by atoms with Gasteiger partial charge in [0.25, 0.3) is 0 Å². The highest BCUT2D eigenvalue weighted by molar-refractivity contribution is 7.18. The topological polar surface area (TPSA) is 66.5 Å². The molecule has 1 heterocycles. The third kappa shape index (κ3) is 1.38. The summed E-state index contributed by atoms with van der Waals surface area (Å²) in [7, 11) is -1.59. The fourth-order valence-electron chi connectivity index (χ4n) is 1.41. The van der Waals surface area contributed by atoms with E-state index in [4.69, 9.17) is 27.4 Å². The average molecular weight is 227 g/mol. The Kier molecular flexibility index (Phi) is 2.40. The van der Waals surface area contributed by atoms with Crippen LogP contribution in [0.4, 0.5) is 5.69 Å². The highest BCUT2D eigenvalue weighted by atomic mass is 35.5. The van der Waals surface area contributed by atoms with Crippen LogP contribution in [0.3, 0.4) is 0 Å². The molecule has 0 atom stereocenters. The van der Waals surface area contributed by atoms with Crippen molar-refractivity contribution < 1.29 is 10.0 Å². The molecule has 6 heteroatoms. The van der Waals surface area contributed by atoms with Gasteiger partial charge in [0.2, 0.25) is 0 Å². The Balaban J connectivity index is 2.87. The first-order valence-corrected chi connectivity index (χ1v) is 5.18. The average Bonchev–Trinajstić information content (AvgIpc) is 2.47. The van der Waals surface area contributed by atoms with Crippen LogP contribution in [0, 0.1) is 0 Å². The smallest absolute Gasteiger partial charge is 0.423 e. The molecule has 0 unspecified atom stereocenters. The maximum Gasteiger partial charge on any atom is 0.491 e. The molecule has 0 aliphatic carbocycles. The van der Waals surface area contributed by atoms with Gasteiger partial charge in [-0.25, -0.2) is 0 Å².